The highest BCUT2D eigenvalue weighted by Crippen LogP contribution is 2.28. The molecule has 1 aromatic heterocycles. The Labute approximate surface area is 200 Å². The summed E-state index contributed by atoms with van der Waals surface area (Å²) in [5.74, 6) is -0.0331. The van der Waals surface area contributed by atoms with Crippen LogP contribution in [0.15, 0.2) is 66.7 Å². The van der Waals surface area contributed by atoms with Crippen LogP contribution in [0.2, 0.25) is 0 Å². The summed E-state index contributed by atoms with van der Waals surface area (Å²) < 4.78 is 0. The summed E-state index contributed by atoms with van der Waals surface area (Å²) >= 11 is 1.71. The van der Waals surface area contributed by atoms with Crippen LogP contribution in [0.1, 0.15) is 40.6 Å². The number of carbonyl (C=O) groups excluding carboxylic acids is 2. The molecule has 172 valence electrons. The van der Waals surface area contributed by atoms with Crippen LogP contribution < -0.4 is 5.32 Å². The lowest BCUT2D eigenvalue weighted by Gasteiger charge is -2.28. The standard InChI is InChI=1S/C27H31N3O2S/c1-3-21-10-7-11-23(16-21)28-27(32)30(24-13-14-24)19-26(31)29(17-22-8-5-4-6-9-22)18-25-15-12-20(2)33-25/h4-12,15-16,24H,3,13-14,17-19H2,1-2H3,(H,28,32). The zero-order valence-electron chi connectivity index (χ0n) is 19.3. The smallest absolute Gasteiger partial charge is 0.322 e. The highest BCUT2D eigenvalue weighted by atomic mass is 32.1. The number of hydrogen-bond acceptors (Lipinski definition) is 3. The van der Waals surface area contributed by atoms with Gasteiger partial charge in [0.25, 0.3) is 0 Å². The molecule has 3 amide bonds. The molecule has 0 bridgehead atoms. The lowest BCUT2D eigenvalue weighted by molar-refractivity contribution is -0.133. The van der Waals surface area contributed by atoms with E-state index < -0.39 is 0 Å². The van der Waals surface area contributed by atoms with Crippen LogP contribution in [-0.2, 0) is 24.3 Å². The van der Waals surface area contributed by atoms with Gasteiger partial charge in [-0.15, -0.1) is 11.3 Å². The molecule has 1 fully saturated rings. The first-order chi connectivity index (χ1) is 16.0. The van der Waals surface area contributed by atoms with Crippen molar-refractivity contribution in [1.29, 1.82) is 0 Å². The van der Waals surface area contributed by atoms with E-state index in [1.807, 2.05) is 59.5 Å². The van der Waals surface area contributed by atoms with Gasteiger partial charge in [-0.1, -0.05) is 49.4 Å². The van der Waals surface area contributed by atoms with Crippen LogP contribution in [0.4, 0.5) is 10.5 Å². The van der Waals surface area contributed by atoms with Crippen molar-refractivity contribution in [2.45, 2.75) is 52.2 Å². The Kier molecular flexibility index (Phi) is 7.45. The third-order valence-corrected chi connectivity index (χ3v) is 6.84. The third-order valence-electron chi connectivity index (χ3n) is 5.85. The first kappa shape index (κ1) is 23.1. The van der Waals surface area contributed by atoms with E-state index in [0.717, 1.165) is 35.4 Å². The van der Waals surface area contributed by atoms with Crippen LogP contribution >= 0.6 is 11.3 Å². The molecule has 4 rings (SSSR count). The predicted molar refractivity (Wildman–Crippen MR) is 134 cm³/mol. The molecule has 0 radical (unpaired) electrons. The quantitative estimate of drug-likeness (QED) is 0.435. The second kappa shape index (κ2) is 10.7. The van der Waals surface area contributed by atoms with Gasteiger partial charge in [-0.05, 0) is 61.6 Å². The topological polar surface area (TPSA) is 52.7 Å². The van der Waals surface area contributed by atoms with E-state index in [-0.39, 0.29) is 24.5 Å². The summed E-state index contributed by atoms with van der Waals surface area (Å²) in [7, 11) is 0. The molecule has 5 nitrogen and oxygen atoms in total. The molecule has 1 heterocycles. The van der Waals surface area contributed by atoms with E-state index in [1.165, 1.54) is 10.4 Å². The lowest BCUT2D eigenvalue weighted by Crippen LogP contribution is -2.45. The summed E-state index contributed by atoms with van der Waals surface area (Å²) in [4.78, 5) is 32.5. The van der Waals surface area contributed by atoms with Gasteiger partial charge in [-0.2, -0.15) is 0 Å². The van der Waals surface area contributed by atoms with E-state index in [4.69, 9.17) is 0 Å². The van der Waals surface area contributed by atoms with E-state index in [1.54, 1.807) is 16.2 Å². The number of anilines is 1. The molecule has 33 heavy (non-hydrogen) atoms. The highest BCUT2D eigenvalue weighted by molar-refractivity contribution is 7.11. The predicted octanol–water partition coefficient (Wildman–Crippen LogP) is 5.84. The average molecular weight is 462 g/mol. The minimum atomic E-state index is -0.203. The molecule has 1 saturated carbocycles. The fourth-order valence-electron chi connectivity index (χ4n) is 3.86. The Balaban J connectivity index is 1.48. The third kappa shape index (κ3) is 6.45. The number of rotatable bonds is 9. The van der Waals surface area contributed by atoms with Gasteiger partial charge in [0, 0.05) is 28.0 Å². The van der Waals surface area contributed by atoms with Crippen molar-refractivity contribution in [2.75, 3.05) is 11.9 Å². The largest absolute Gasteiger partial charge is 0.332 e. The summed E-state index contributed by atoms with van der Waals surface area (Å²) in [6.07, 6.45) is 2.79. The molecule has 0 aliphatic heterocycles. The van der Waals surface area contributed by atoms with Crippen molar-refractivity contribution in [3.63, 3.8) is 0 Å². The molecule has 3 aromatic rings. The molecule has 0 atom stereocenters. The van der Waals surface area contributed by atoms with Gasteiger partial charge in [0.1, 0.15) is 6.54 Å². The van der Waals surface area contributed by atoms with Crippen LogP contribution in [0.5, 0.6) is 0 Å². The van der Waals surface area contributed by atoms with Crippen LogP contribution in [0, 0.1) is 6.92 Å². The summed E-state index contributed by atoms with van der Waals surface area (Å²) in [6.45, 7) is 5.32. The Hall–Kier alpha value is -3.12. The monoisotopic (exact) mass is 461 g/mol. The van der Waals surface area contributed by atoms with Crippen LogP contribution in [0.25, 0.3) is 0 Å². The maximum absolute atomic E-state index is 13.5. The number of nitrogens with one attached hydrogen (secondary N) is 1. The number of hydrogen-bond donors (Lipinski definition) is 1. The molecule has 0 spiro atoms. The Morgan fingerprint density at radius 3 is 2.39 bits per heavy atom. The first-order valence-corrected chi connectivity index (χ1v) is 12.4. The van der Waals surface area contributed by atoms with Crippen molar-refractivity contribution in [1.82, 2.24) is 9.80 Å². The van der Waals surface area contributed by atoms with Gasteiger partial charge in [0.15, 0.2) is 0 Å². The molecule has 1 N–H and O–H groups in total. The average Bonchev–Trinajstić information content (AvgIpc) is 3.58. The number of carbonyl (C=O) groups is 2. The maximum Gasteiger partial charge on any atom is 0.322 e. The summed E-state index contributed by atoms with van der Waals surface area (Å²) in [5, 5.41) is 3.00. The van der Waals surface area contributed by atoms with Gasteiger partial charge in [-0.3, -0.25) is 4.79 Å². The zero-order chi connectivity index (χ0) is 23.2. The Bertz CT molecular complexity index is 1090. The number of benzene rings is 2. The molecular formula is C27H31N3O2S. The van der Waals surface area contributed by atoms with Crippen LogP contribution in [0.3, 0.4) is 0 Å². The number of urea groups is 1. The van der Waals surface area contributed by atoms with Gasteiger partial charge in [0.05, 0.1) is 6.54 Å². The summed E-state index contributed by atoms with van der Waals surface area (Å²) in [6, 6.07) is 22.0. The van der Waals surface area contributed by atoms with E-state index in [2.05, 4.69) is 31.3 Å². The second-order valence-corrected chi connectivity index (χ2v) is 9.96. The van der Waals surface area contributed by atoms with Crippen molar-refractivity contribution in [3.8, 4) is 0 Å². The molecule has 1 aliphatic carbocycles. The first-order valence-electron chi connectivity index (χ1n) is 11.6. The maximum atomic E-state index is 13.5. The zero-order valence-corrected chi connectivity index (χ0v) is 20.1. The number of nitrogens with zero attached hydrogens (tertiary/aromatic N) is 2. The Morgan fingerprint density at radius 1 is 0.970 bits per heavy atom. The minimum absolute atomic E-state index is 0.0331. The van der Waals surface area contributed by atoms with E-state index >= 15 is 0 Å². The van der Waals surface area contributed by atoms with Gasteiger partial charge in [-0.25, -0.2) is 4.79 Å². The molecule has 0 saturated heterocycles. The molecular weight excluding hydrogens is 430 g/mol. The van der Waals surface area contributed by atoms with Crippen molar-refractivity contribution in [2.24, 2.45) is 0 Å². The van der Waals surface area contributed by atoms with Crippen molar-refractivity contribution < 1.29 is 9.59 Å². The number of thiophene rings is 1. The Morgan fingerprint density at radius 2 is 1.73 bits per heavy atom. The van der Waals surface area contributed by atoms with Crippen molar-refractivity contribution in [3.05, 3.63) is 87.6 Å². The van der Waals surface area contributed by atoms with Crippen LogP contribution in [-0.4, -0.2) is 34.3 Å². The normalized spacial score (nSPS) is 12.9. The highest BCUT2D eigenvalue weighted by Gasteiger charge is 2.35. The van der Waals surface area contributed by atoms with Gasteiger partial charge >= 0.3 is 6.03 Å². The van der Waals surface area contributed by atoms with E-state index in [9.17, 15) is 9.59 Å². The second-order valence-electron chi connectivity index (χ2n) is 8.59. The van der Waals surface area contributed by atoms with Gasteiger partial charge < -0.3 is 15.1 Å². The van der Waals surface area contributed by atoms with E-state index in [0.29, 0.717) is 13.1 Å². The van der Waals surface area contributed by atoms with Crippen molar-refractivity contribution >= 4 is 29.0 Å². The fraction of sp³-hybridized carbons (Fsp3) is 0.333. The lowest BCUT2D eigenvalue weighted by atomic mass is 10.1. The molecule has 1 aliphatic rings. The van der Waals surface area contributed by atoms with Gasteiger partial charge in [0.2, 0.25) is 5.91 Å². The molecule has 6 heteroatoms. The molecule has 2 aromatic carbocycles. The SMILES string of the molecule is CCc1cccc(NC(=O)N(CC(=O)N(Cc2ccccc2)Cc2ccc(C)s2)C2CC2)c1. The fourth-order valence-corrected chi connectivity index (χ4v) is 4.76. The number of aryl methyl sites for hydroxylation is 2. The molecule has 0 unspecified atom stereocenters. The summed E-state index contributed by atoms with van der Waals surface area (Å²) in [5.41, 5.74) is 3.02. The number of amides is 3. The minimum Gasteiger partial charge on any atom is -0.332 e.